The van der Waals surface area contributed by atoms with Gasteiger partial charge in [0.15, 0.2) is 5.13 Å². The van der Waals surface area contributed by atoms with Gasteiger partial charge in [-0.2, -0.15) is 0 Å². The molecule has 2 aromatic heterocycles. The fourth-order valence-corrected chi connectivity index (χ4v) is 3.85. The molecule has 1 amide bonds. The van der Waals surface area contributed by atoms with E-state index in [9.17, 15) is 9.18 Å². The average Bonchev–Trinajstić information content (AvgIpc) is 3.42. The molecular formula is C21H16FN5OS2. The number of aromatic nitrogens is 4. The number of carbonyl (C=O) groups is 1. The summed E-state index contributed by atoms with van der Waals surface area (Å²) in [5, 5.41) is 12.5. The summed E-state index contributed by atoms with van der Waals surface area (Å²) in [6.07, 6.45) is 3.77. The monoisotopic (exact) mass is 437 g/mol. The third kappa shape index (κ3) is 5.40. The molecule has 6 nitrogen and oxygen atoms in total. The minimum Gasteiger partial charge on any atom is -0.301 e. The molecule has 30 heavy (non-hydrogen) atoms. The van der Waals surface area contributed by atoms with Crippen LogP contribution in [0, 0.1) is 5.82 Å². The third-order valence-corrected chi connectivity index (χ3v) is 5.54. The number of nitrogens with zero attached hydrogens (tertiary/aromatic N) is 3. The van der Waals surface area contributed by atoms with Gasteiger partial charge in [-0.05, 0) is 35.9 Å². The lowest BCUT2D eigenvalue weighted by Crippen LogP contribution is -2.13. The Bertz CT molecular complexity index is 1160. The second-order valence-electron chi connectivity index (χ2n) is 6.13. The highest BCUT2D eigenvalue weighted by molar-refractivity contribution is 7.99. The van der Waals surface area contributed by atoms with E-state index in [2.05, 4.69) is 25.5 Å². The normalized spacial score (nSPS) is 11.1. The SMILES string of the molecule is O=C(CSc1n[nH]c(/C=C/c2ccccc2)n1)Nc1nc(-c2ccc(F)cc2)cs1. The molecular weight excluding hydrogens is 421 g/mol. The molecule has 0 aliphatic carbocycles. The Labute approximate surface area is 180 Å². The van der Waals surface area contributed by atoms with Crippen molar-refractivity contribution < 1.29 is 9.18 Å². The van der Waals surface area contributed by atoms with Crippen LogP contribution in [0.5, 0.6) is 0 Å². The molecule has 4 rings (SSSR count). The van der Waals surface area contributed by atoms with E-state index in [1.165, 1.54) is 35.2 Å². The molecule has 0 fully saturated rings. The number of aromatic amines is 1. The van der Waals surface area contributed by atoms with Gasteiger partial charge in [-0.15, -0.1) is 16.4 Å². The molecule has 0 aliphatic rings. The summed E-state index contributed by atoms with van der Waals surface area (Å²) >= 11 is 2.55. The number of hydrogen-bond acceptors (Lipinski definition) is 6. The molecule has 0 bridgehead atoms. The molecule has 4 aromatic rings. The van der Waals surface area contributed by atoms with Crippen LogP contribution in [0.3, 0.4) is 0 Å². The van der Waals surface area contributed by atoms with Crippen molar-refractivity contribution in [2.24, 2.45) is 0 Å². The number of benzene rings is 2. The van der Waals surface area contributed by atoms with Crippen LogP contribution >= 0.6 is 23.1 Å². The van der Waals surface area contributed by atoms with Gasteiger partial charge in [-0.1, -0.05) is 48.2 Å². The zero-order valence-electron chi connectivity index (χ0n) is 15.6. The summed E-state index contributed by atoms with van der Waals surface area (Å²) < 4.78 is 13.0. The van der Waals surface area contributed by atoms with Crippen LogP contribution in [-0.2, 0) is 4.79 Å². The molecule has 0 spiro atoms. The van der Waals surface area contributed by atoms with Gasteiger partial charge >= 0.3 is 0 Å². The van der Waals surface area contributed by atoms with Crippen LogP contribution in [0.25, 0.3) is 23.4 Å². The van der Waals surface area contributed by atoms with Crippen LogP contribution in [0.4, 0.5) is 9.52 Å². The van der Waals surface area contributed by atoms with Crippen LogP contribution in [0.1, 0.15) is 11.4 Å². The zero-order valence-corrected chi connectivity index (χ0v) is 17.2. The Morgan fingerprint density at radius 3 is 2.70 bits per heavy atom. The quantitative estimate of drug-likeness (QED) is 0.399. The topological polar surface area (TPSA) is 83.6 Å². The first-order chi connectivity index (χ1) is 14.7. The minimum atomic E-state index is -0.301. The van der Waals surface area contributed by atoms with Crippen molar-refractivity contribution in [2.45, 2.75) is 5.16 Å². The van der Waals surface area contributed by atoms with Gasteiger partial charge < -0.3 is 5.32 Å². The van der Waals surface area contributed by atoms with Crippen molar-refractivity contribution in [3.8, 4) is 11.3 Å². The molecule has 0 aliphatic heterocycles. The summed E-state index contributed by atoms with van der Waals surface area (Å²) in [5.74, 6) is 0.271. The molecule has 150 valence electrons. The maximum Gasteiger partial charge on any atom is 0.236 e. The van der Waals surface area contributed by atoms with Crippen molar-refractivity contribution in [1.29, 1.82) is 0 Å². The van der Waals surface area contributed by atoms with Crippen molar-refractivity contribution in [3.05, 3.63) is 77.2 Å². The Morgan fingerprint density at radius 2 is 1.90 bits per heavy atom. The number of hydrogen-bond donors (Lipinski definition) is 2. The van der Waals surface area contributed by atoms with Crippen molar-refractivity contribution in [2.75, 3.05) is 11.1 Å². The number of anilines is 1. The van der Waals surface area contributed by atoms with Gasteiger partial charge in [0, 0.05) is 10.9 Å². The number of rotatable bonds is 7. The number of carbonyl (C=O) groups excluding carboxylic acids is 1. The lowest BCUT2D eigenvalue weighted by Gasteiger charge is -1.99. The predicted octanol–water partition coefficient (Wildman–Crippen LogP) is 4.97. The van der Waals surface area contributed by atoms with Crippen molar-refractivity contribution in [3.63, 3.8) is 0 Å². The van der Waals surface area contributed by atoms with Crippen molar-refractivity contribution >= 4 is 46.3 Å². The number of nitrogens with one attached hydrogen (secondary N) is 2. The fraction of sp³-hybridized carbons (Fsp3) is 0.0476. The summed E-state index contributed by atoms with van der Waals surface area (Å²) in [5.41, 5.74) is 2.54. The summed E-state index contributed by atoms with van der Waals surface area (Å²) in [6.45, 7) is 0. The molecule has 0 unspecified atom stereocenters. The first-order valence-electron chi connectivity index (χ1n) is 8.95. The number of thioether (sulfide) groups is 1. The van der Waals surface area contributed by atoms with Gasteiger partial charge in [0.05, 0.1) is 11.4 Å². The molecule has 0 saturated carbocycles. The van der Waals surface area contributed by atoms with E-state index in [0.717, 1.165) is 11.1 Å². The van der Waals surface area contributed by atoms with Crippen molar-refractivity contribution in [1.82, 2.24) is 20.2 Å². The molecule has 2 heterocycles. The molecule has 2 N–H and O–H groups in total. The highest BCUT2D eigenvalue weighted by Gasteiger charge is 2.10. The Hall–Kier alpha value is -3.30. The van der Waals surface area contributed by atoms with Gasteiger partial charge in [-0.3, -0.25) is 9.89 Å². The average molecular weight is 438 g/mol. The Kier molecular flexibility index (Phi) is 6.31. The van der Waals surface area contributed by atoms with Crippen LogP contribution in [-0.4, -0.2) is 31.8 Å². The third-order valence-electron chi connectivity index (χ3n) is 3.94. The van der Waals surface area contributed by atoms with E-state index in [1.807, 2.05) is 47.9 Å². The van der Waals surface area contributed by atoms with E-state index < -0.39 is 0 Å². The van der Waals surface area contributed by atoms with E-state index in [0.29, 0.717) is 21.8 Å². The highest BCUT2D eigenvalue weighted by atomic mass is 32.2. The lowest BCUT2D eigenvalue weighted by atomic mass is 10.2. The molecule has 0 atom stereocenters. The summed E-state index contributed by atoms with van der Waals surface area (Å²) in [4.78, 5) is 20.9. The molecule has 0 saturated heterocycles. The lowest BCUT2D eigenvalue weighted by molar-refractivity contribution is -0.113. The highest BCUT2D eigenvalue weighted by Crippen LogP contribution is 2.25. The maximum atomic E-state index is 13.0. The van der Waals surface area contributed by atoms with E-state index >= 15 is 0 Å². The fourth-order valence-electron chi connectivity index (χ4n) is 2.51. The number of halogens is 1. The summed E-state index contributed by atoms with van der Waals surface area (Å²) in [6, 6.07) is 15.9. The smallest absolute Gasteiger partial charge is 0.236 e. The largest absolute Gasteiger partial charge is 0.301 e. The zero-order chi connectivity index (χ0) is 20.8. The molecule has 9 heteroatoms. The van der Waals surface area contributed by atoms with Crippen LogP contribution < -0.4 is 5.32 Å². The first-order valence-corrected chi connectivity index (χ1v) is 10.8. The number of thiazole rings is 1. The van der Waals surface area contributed by atoms with Crippen LogP contribution in [0.2, 0.25) is 0 Å². The minimum absolute atomic E-state index is 0.158. The second-order valence-corrected chi connectivity index (χ2v) is 7.93. The standard InChI is InChI=1S/C21H16FN5OS2/c22-16-9-7-15(8-10-16)17-12-29-20(23-17)25-19(28)13-30-21-24-18(26-27-21)11-6-14-4-2-1-3-5-14/h1-12H,13H2,(H,23,25,28)(H,24,26,27)/b11-6+. The molecule has 2 aromatic carbocycles. The van der Waals surface area contributed by atoms with E-state index in [-0.39, 0.29) is 17.5 Å². The predicted molar refractivity (Wildman–Crippen MR) is 119 cm³/mol. The van der Waals surface area contributed by atoms with Crippen LogP contribution in [0.15, 0.2) is 65.1 Å². The maximum absolute atomic E-state index is 13.0. The van der Waals surface area contributed by atoms with E-state index in [1.54, 1.807) is 12.1 Å². The van der Waals surface area contributed by atoms with Gasteiger partial charge in [-0.25, -0.2) is 14.4 Å². The summed E-state index contributed by atoms with van der Waals surface area (Å²) in [7, 11) is 0. The van der Waals surface area contributed by atoms with Gasteiger partial charge in [0.25, 0.3) is 0 Å². The molecule has 0 radical (unpaired) electrons. The Balaban J connectivity index is 1.29. The van der Waals surface area contributed by atoms with Gasteiger partial charge in [0.1, 0.15) is 11.6 Å². The van der Waals surface area contributed by atoms with Gasteiger partial charge in [0.2, 0.25) is 11.1 Å². The Morgan fingerprint density at radius 1 is 1.10 bits per heavy atom. The first kappa shape index (κ1) is 20.0. The number of H-pyrrole nitrogens is 1. The second kappa shape index (κ2) is 9.47. The van der Waals surface area contributed by atoms with E-state index in [4.69, 9.17) is 0 Å². The number of amides is 1.